The largest absolute Gasteiger partial charge is 0.439 e. The average molecular weight is 384 g/mol. The van der Waals surface area contributed by atoms with Gasteiger partial charge in [0.05, 0.1) is 0 Å². The van der Waals surface area contributed by atoms with Gasteiger partial charge in [-0.25, -0.2) is 0 Å². The number of para-hydroxylation sites is 1. The predicted molar refractivity (Wildman–Crippen MR) is 114 cm³/mol. The zero-order valence-electron chi connectivity index (χ0n) is 15.5. The molecule has 1 saturated heterocycles. The quantitative estimate of drug-likeness (QED) is 0.575. The van der Waals surface area contributed by atoms with Crippen LogP contribution in [0.25, 0.3) is 0 Å². The van der Waals surface area contributed by atoms with Crippen LogP contribution in [0.1, 0.15) is 26.2 Å². The van der Waals surface area contributed by atoms with Gasteiger partial charge in [-0.2, -0.15) is 9.97 Å². The molecule has 1 aromatic carbocycles. The molecule has 0 spiro atoms. The van der Waals surface area contributed by atoms with Gasteiger partial charge in [0.1, 0.15) is 11.6 Å². The lowest BCUT2D eigenvalue weighted by Gasteiger charge is -2.34. The molecular formula is C20H25N5OS. The van der Waals surface area contributed by atoms with Gasteiger partial charge < -0.3 is 20.3 Å². The van der Waals surface area contributed by atoms with Crippen molar-refractivity contribution in [3.63, 3.8) is 0 Å². The summed E-state index contributed by atoms with van der Waals surface area (Å²) in [5.41, 5.74) is 0. The van der Waals surface area contributed by atoms with Gasteiger partial charge in [0.2, 0.25) is 11.8 Å². The number of nitrogens with one attached hydrogen (secondary N) is 2. The molecule has 27 heavy (non-hydrogen) atoms. The summed E-state index contributed by atoms with van der Waals surface area (Å²) < 4.78 is 5.95. The van der Waals surface area contributed by atoms with Crippen molar-refractivity contribution in [2.45, 2.75) is 32.2 Å². The van der Waals surface area contributed by atoms with E-state index in [1.165, 1.54) is 6.42 Å². The standard InChI is InChI=1S/C20H25N5OS/c1-3-12-21-20(27)24-19-22-17(25-13-8-7-9-15(25)2)14-18(23-19)26-16-10-5-4-6-11-16/h3-6,10-11,14-15H,1,7-9,12-13H2,2H3,(H2,21,22,23,24,27). The van der Waals surface area contributed by atoms with Gasteiger partial charge in [0.15, 0.2) is 5.11 Å². The van der Waals surface area contributed by atoms with E-state index < -0.39 is 0 Å². The number of thiocarbonyl (C=S) groups is 1. The zero-order chi connectivity index (χ0) is 19.1. The highest BCUT2D eigenvalue weighted by atomic mass is 32.1. The highest BCUT2D eigenvalue weighted by Gasteiger charge is 2.21. The van der Waals surface area contributed by atoms with E-state index in [9.17, 15) is 0 Å². The highest BCUT2D eigenvalue weighted by molar-refractivity contribution is 7.80. The maximum absolute atomic E-state index is 5.95. The number of piperidine rings is 1. The van der Waals surface area contributed by atoms with Crippen LogP contribution in [0.15, 0.2) is 49.1 Å². The van der Waals surface area contributed by atoms with E-state index in [-0.39, 0.29) is 0 Å². The number of rotatable bonds is 6. The minimum atomic E-state index is 0.415. The van der Waals surface area contributed by atoms with Gasteiger partial charge in [-0.1, -0.05) is 24.3 Å². The Morgan fingerprint density at radius 1 is 1.33 bits per heavy atom. The van der Waals surface area contributed by atoms with Crippen molar-refractivity contribution in [3.05, 3.63) is 49.1 Å². The fourth-order valence-corrected chi connectivity index (χ4v) is 3.20. The van der Waals surface area contributed by atoms with Crippen molar-refractivity contribution in [2.75, 3.05) is 23.3 Å². The first-order valence-electron chi connectivity index (χ1n) is 9.20. The Morgan fingerprint density at radius 3 is 2.89 bits per heavy atom. The summed E-state index contributed by atoms with van der Waals surface area (Å²) in [7, 11) is 0. The Morgan fingerprint density at radius 2 is 2.15 bits per heavy atom. The fraction of sp³-hybridized carbons (Fsp3) is 0.350. The van der Waals surface area contributed by atoms with E-state index in [0.29, 0.717) is 29.5 Å². The Bertz CT molecular complexity index is 783. The summed E-state index contributed by atoms with van der Waals surface area (Å²) in [4.78, 5) is 11.4. The Balaban J connectivity index is 1.86. The lowest BCUT2D eigenvalue weighted by atomic mass is 10.0. The first-order valence-corrected chi connectivity index (χ1v) is 9.61. The van der Waals surface area contributed by atoms with Gasteiger partial charge in [-0.15, -0.1) is 6.58 Å². The molecule has 1 atom stereocenters. The molecule has 2 heterocycles. The molecule has 0 saturated carbocycles. The fourth-order valence-electron chi connectivity index (χ4n) is 3.03. The van der Waals surface area contributed by atoms with Gasteiger partial charge in [-0.3, -0.25) is 0 Å². The third-order valence-corrected chi connectivity index (χ3v) is 4.63. The summed E-state index contributed by atoms with van der Waals surface area (Å²) in [6.07, 6.45) is 5.30. The average Bonchev–Trinajstić information content (AvgIpc) is 2.67. The van der Waals surface area contributed by atoms with E-state index in [1.54, 1.807) is 6.08 Å². The van der Waals surface area contributed by atoms with Gasteiger partial charge in [-0.05, 0) is 50.5 Å². The summed E-state index contributed by atoms with van der Waals surface area (Å²) in [6, 6.07) is 11.9. The SMILES string of the molecule is C=CCNC(=S)Nc1nc(Oc2ccccc2)cc(N2CCCCC2C)n1. The maximum atomic E-state index is 5.95. The molecule has 0 radical (unpaired) electrons. The minimum absolute atomic E-state index is 0.415. The Kier molecular flexibility index (Phi) is 6.59. The Hall–Kier alpha value is -2.67. The van der Waals surface area contributed by atoms with E-state index >= 15 is 0 Å². The van der Waals surface area contributed by atoms with Crippen molar-refractivity contribution >= 4 is 29.1 Å². The molecule has 1 unspecified atom stereocenters. The molecule has 1 aliphatic rings. The minimum Gasteiger partial charge on any atom is -0.439 e. The second-order valence-electron chi connectivity index (χ2n) is 6.47. The molecule has 1 aliphatic heterocycles. The molecule has 2 N–H and O–H groups in total. The molecule has 1 fully saturated rings. The summed E-state index contributed by atoms with van der Waals surface area (Å²) in [5, 5.41) is 6.52. The monoisotopic (exact) mass is 383 g/mol. The molecule has 6 nitrogen and oxygen atoms in total. The molecule has 3 rings (SSSR count). The van der Waals surface area contributed by atoms with Gasteiger partial charge >= 0.3 is 0 Å². The number of aromatic nitrogens is 2. The van der Waals surface area contributed by atoms with Crippen LogP contribution in [-0.2, 0) is 0 Å². The van der Waals surface area contributed by atoms with Gasteiger partial charge in [0.25, 0.3) is 0 Å². The lowest BCUT2D eigenvalue weighted by molar-refractivity contribution is 0.457. The third-order valence-electron chi connectivity index (χ3n) is 4.38. The van der Waals surface area contributed by atoms with Crippen molar-refractivity contribution in [1.29, 1.82) is 0 Å². The summed E-state index contributed by atoms with van der Waals surface area (Å²) >= 11 is 5.29. The second kappa shape index (κ2) is 9.32. The molecule has 0 aliphatic carbocycles. The molecule has 2 aromatic rings. The van der Waals surface area contributed by atoms with Gasteiger partial charge in [0, 0.05) is 25.2 Å². The van der Waals surface area contributed by atoms with E-state index in [4.69, 9.17) is 17.0 Å². The topological polar surface area (TPSA) is 62.3 Å². The van der Waals surface area contributed by atoms with Crippen LogP contribution in [0.2, 0.25) is 0 Å². The van der Waals surface area contributed by atoms with Crippen molar-refractivity contribution in [1.82, 2.24) is 15.3 Å². The third kappa shape index (κ3) is 5.40. The summed E-state index contributed by atoms with van der Waals surface area (Å²) in [6.45, 7) is 7.45. The van der Waals surface area contributed by atoms with Crippen LogP contribution >= 0.6 is 12.2 Å². The molecular weight excluding hydrogens is 358 g/mol. The zero-order valence-corrected chi connectivity index (χ0v) is 16.3. The normalized spacial score (nSPS) is 16.5. The van der Waals surface area contributed by atoms with Crippen LogP contribution in [-0.4, -0.2) is 34.2 Å². The van der Waals surface area contributed by atoms with E-state index in [2.05, 4.69) is 39.0 Å². The van der Waals surface area contributed by atoms with E-state index in [1.807, 2.05) is 36.4 Å². The molecule has 1 aromatic heterocycles. The number of nitrogens with zero attached hydrogens (tertiary/aromatic N) is 3. The smallest absolute Gasteiger partial charge is 0.234 e. The van der Waals surface area contributed by atoms with Crippen LogP contribution in [0.5, 0.6) is 11.6 Å². The molecule has 7 heteroatoms. The van der Waals surface area contributed by atoms with Crippen molar-refractivity contribution in [3.8, 4) is 11.6 Å². The number of benzene rings is 1. The summed E-state index contributed by atoms with van der Waals surface area (Å²) in [5.74, 6) is 2.47. The Labute approximate surface area is 165 Å². The molecule has 0 bridgehead atoms. The van der Waals surface area contributed by atoms with Crippen LogP contribution in [0.4, 0.5) is 11.8 Å². The number of hydrogen-bond donors (Lipinski definition) is 2. The van der Waals surface area contributed by atoms with Crippen LogP contribution in [0.3, 0.4) is 0 Å². The maximum Gasteiger partial charge on any atom is 0.234 e. The highest BCUT2D eigenvalue weighted by Crippen LogP contribution is 2.28. The van der Waals surface area contributed by atoms with E-state index in [0.717, 1.165) is 31.0 Å². The second-order valence-corrected chi connectivity index (χ2v) is 6.87. The number of ether oxygens (including phenoxy) is 1. The number of hydrogen-bond acceptors (Lipinski definition) is 5. The van der Waals surface area contributed by atoms with Crippen molar-refractivity contribution < 1.29 is 4.74 Å². The van der Waals surface area contributed by atoms with Crippen LogP contribution in [0, 0.1) is 0 Å². The molecule has 142 valence electrons. The van der Waals surface area contributed by atoms with Crippen LogP contribution < -0.4 is 20.3 Å². The first-order chi connectivity index (χ1) is 13.2. The first kappa shape index (κ1) is 19.1. The predicted octanol–water partition coefficient (Wildman–Crippen LogP) is 4.12. The van der Waals surface area contributed by atoms with Crippen molar-refractivity contribution in [2.24, 2.45) is 0 Å². The lowest BCUT2D eigenvalue weighted by Crippen LogP contribution is -2.38. The number of anilines is 2. The molecule has 0 amide bonds.